The number of amides is 1. The van der Waals surface area contributed by atoms with Crippen LogP contribution in [0.25, 0.3) is 10.9 Å². The third-order valence-corrected chi connectivity index (χ3v) is 6.64. The molecule has 5 rings (SSSR count). The average molecular weight is 476 g/mol. The summed E-state index contributed by atoms with van der Waals surface area (Å²) in [6.45, 7) is 4.54. The number of H-pyrrole nitrogens is 1. The van der Waals surface area contributed by atoms with Gasteiger partial charge in [0.25, 0.3) is 5.91 Å². The number of carbonyl (C=O) groups is 1. The number of aromatic nitrogens is 2. The van der Waals surface area contributed by atoms with Gasteiger partial charge in [-0.3, -0.25) is 9.69 Å². The molecule has 0 atom stereocenters. The molecule has 7 nitrogen and oxygen atoms in total. The van der Waals surface area contributed by atoms with Crippen LogP contribution in [0, 0.1) is 5.82 Å². The lowest BCUT2D eigenvalue weighted by Crippen LogP contribution is -2.47. The van der Waals surface area contributed by atoms with Gasteiger partial charge in [-0.1, -0.05) is 36.4 Å². The SMILES string of the molecule is CN1CCN(C(=O)c2coc(CN(CCc3c[nH]c4ccccc34)Cc3ccccc3F)n2)CC1. The van der Waals surface area contributed by atoms with Gasteiger partial charge in [0.2, 0.25) is 5.89 Å². The van der Waals surface area contributed by atoms with Crippen LogP contribution in [0.5, 0.6) is 0 Å². The maximum Gasteiger partial charge on any atom is 0.275 e. The normalized spacial score (nSPS) is 14.8. The second-order valence-corrected chi connectivity index (χ2v) is 9.13. The van der Waals surface area contributed by atoms with Crippen LogP contribution < -0.4 is 0 Å². The average Bonchev–Trinajstić information content (AvgIpc) is 3.51. The van der Waals surface area contributed by atoms with Crippen molar-refractivity contribution in [3.8, 4) is 0 Å². The number of likely N-dealkylation sites (N-methyl/N-ethyl adjacent to an activating group) is 1. The van der Waals surface area contributed by atoms with Crippen molar-refractivity contribution in [2.75, 3.05) is 39.8 Å². The first-order valence-corrected chi connectivity index (χ1v) is 12.0. The maximum atomic E-state index is 14.4. The van der Waals surface area contributed by atoms with Gasteiger partial charge >= 0.3 is 0 Å². The molecule has 0 aliphatic carbocycles. The van der Waals surface area contributed by atoms with Crippen molar-refractivity contribution < 1.29 is 13.6 Å². The van der Waals surface area contributed by atoms with E-state index in [9.17, 15) is 9.18 Å². The molecule has 1 saturated heterocycles. The van der Waals surface area contributed by atoms with E-state index in [0.29, 0.717) is 49.9 Å². The molecule has 2 aromatic carbocycles. The largest absolute Gasteiger partial charge is 0.447 e. The van der Waals surface area contributed by atoms with Crippen LogP contribution in [0.1, 0.15) is 27.5 Å². The van der Waals surface area contributed by atoms with Crippen molar-refractivity contribution in [3.05, 3.63) is 89.5 Å². The lowest BCUT2D eigenvalue weighted by molar-refractivity contribution is 0.0658. The zero-order valence-electron chi connectivity index (χ0n) is 19.9. The minimum Gasteiger partial charge on any atom is -0.447 e. The molecule has 0 unspecified atom stereocenters. The highest BCUT2D eigenvalue weighted by Crippen LogP contribution is 2.20. The van der Waals surface area contributed by atoms with Crippen LogP contribution in [0.15, 0.2) is 65.4 Å². The number of aromatic amines is 1. The number of benzene rings is 2. The Hall–Kier alpha value is -3.49. The number of carbonyl (C=O) groups excluding carboxylic acids is 1. The maximum absolute atomic E-state index is 14.4. The summed E-state index contributed by atoms with van der Waals surface area (Å²) in [5.74, 6) is 0.119. The molecule has 35 heavy (non-hydrogen) atoms. The molecule has 0 bridgehead atoms. The van der Waals surface area contributed by atoms with E-state index >= 15 is 0 Å². The molecule has 2 aromatic heterocycles. The molecule has 4 aromatic rings. The van der Waals surface area contributed by atoms with Gasteiger partial charge in [0, 0.05) is 61.9 Å². The quantitative estimate of drug-likeness (QED) is 0.418. The van der Waals surface area contributed by atoms with Crippen LogP contribution in [0.4, 0.5) is 4.39 Å². The van der Waals surface area contributed by atoms with Crippen LogP contribution in [-0.4, -0.2) is 70.3 Å². The Bertz CT molecular complexity index is 1290. The van der Waals surface area contributed by atoms with Crippen molar-refractivity contribution in [1.29, 1.82) is 0 Å². The van der Waals surface area contributed by atoms with E-state index in [-0.39, 0.29) is 11.7 Å². The Balaban J connectivity index is 1.30. The van der Waals surface area contributed by atoms with Crippen LogP contribution in [0.2, 0.25) is 0 Å². The number of halogens is 1. The van der Waals surface area contributed by atoms with Gasteiger partial charge in [0.05, 0.1) is 6.54 Å². The number of hydrogen-bond acceptors (Lipinski definition) is 5. The number of para-hydroxylation sites is 1. The lowest BCUT2D eigenvalue weighted by atomic mass is 10.1. The molecule has 1 aliphatic rings. The summed E-state index contributed by atoms with van der Waals surface area (Å²) in [7, 11) is 2.05. The predicted molar refractivity (Wildman–Crippen MR) is 132 cm³/mol. The van der Waals surface area contributed by atoms with Gasteiger partial charge in [-0.25, -0.2) is 9.37 Å². The summed E-state index contributed by atoms with van der Waals surface area (Å²) < 4.78 is 20.1. The summed E-state index contributed by atoms with van der Waals surface area (Å²) in [5, 5.41) is 1.19. The van der Waals surface area contributed by atoms with Gasteiger partial charge in [-0.15, -0.1) is 0 Å². The monoisotopic (exact) mass is 475 g/mol. The fourth-order valence-corrected chi connectivity index (χ4v) is 4.54. The van der Waals surface area contributed by atoms with E-state index in [1.807, 2.05) is 29.3 Å². The highest BCUT2D eigenvalue weighted by molar-refractivity contribution is 5.92. The number of nitrogens with zero attached hydrogens (tertiary/aromatic N) is 4. The Morgan fingerprint density at radius 1 is 1.06 bits per heavy atom. The second-order valence-electron chi connectivity index (χ2n) is 9.13. The summed E-state index contributed by atoms with van der Waals surface area (Å²) in [6.07, 6.45) is 4.26. The Morgan fingerprint density at radius 2 is 1.83 bits per heavy atom. The summed E-state index contributed by atoms with van der Waals surface area (Å²) in [6, 6.07) is 15.0. The van der Waals surface area contributed by atoms with Crippen molar-refractivity contribution in [2.24, 2.45) is 0 Å². The number of nitrogens with one attached hydrogen (secondary N) is 1. The van der Waals surface area contributed by atoms with Crippen LogP contribution in [-0.2, 0) is 19.5 Å². The third kappa shape index (κ3) is 5.44. The highest BCUT2D eigenvalue weighted by atomic mass is 19.1. The lowest BCUT2D eigenvalue weighted by Gasteiger charge is -2.31. The molecule has 0 spiro atoms. The summed E-state index contributed by atoms with van der Waals surface area (Å²) in [4.78, 5) is 26.8. The van der Waals surface area contributed by atoms with E-state index < -0.39 is 0 Å². The topological polar surface area (TPSA) is 68.6 Å². The smallest absolute Gasteiger partial charge is 0.275 e. The van der Waals surface area contributed by atoms with Gasteiger partial charge in [0.1, 0.15) is 12.1 Å². The number of fused-ring (bicyclic) bond motifs is 1. The molecule has 3 heterocycles. The number of oxazole rings is 1. The molecule has 1 fully saturated rings. The molecule has 8 heteroatoms. The molecule has 0 saturated carbocycles. The second kappa shape index (κ2) is 10.4. The fraction of sp³-hybridized carbons (Fsp3) is 0.333. The first kappa shape index (κ1) is 23.3. The minimum atomic E-state index is -0.233. The van der Waals surface area contributed by atoms with Gasteiger partial charge in [0.15, 0.2) is 5.69 Å². The Kier molecular flexibility index (Phi) is 6.92. The zero-order valence-corrected chi connectivity index (χ0v) is 19.9. The first-order valence-electron chi connectivity index (χ1n) is 12.0. The fourth-order valence-electron chi connectivity index (χ4n) is 4.54. The van der Waals surface area contributed by atoms with Crippen molar-refractivity contribution in [3.63, 3.8) is 0 Å². The predicted octanol–water partition coefficient (Wildman–Crippen LogP) is 3.93. The molecular weight excluding hydrogens is 445 g/mol. The minimum absolute atomic E-state index is 0.104. The van der Waals surface area contributed by atoms with E-state index in [2.05, 4.69) is 38.9 Å². The van der Waals surface area contributed by atoms with Crippen LogP contribution in [0.3, 0.4) is 0 Å². The van der Waals surface area contributed by atoms with Crippen LogP contribution >= 0.6 is 0 Å². The molecule has 1 aliphatic heterocycles. The van der Waals surface area contributed by atoms with Gasteiger partial charge < -0.3 is 19.2 Å². The highest BCUT2D eigenvalue weighted by Gasteiger charge is 2.24. The van der Waals surface area contributed by atoms with E-state index in [4.69, 9.17) is 4.42 Å². The number of hydrogen-bond donors (Lipinski definition) is 1. The first-order chi connectivity index (χ1) is 17.1. The van der Waals surface area contributed by atoms with Crippen molar-refractivity contribution in [2.45, 2.75) is 19.5 Å². The molecule has 1 N–H and O–H groups in total. The van der Waals surface area contributed by atoms with Crippen molar-refractivity contribution >= 4 is 16.8 Å². The summed E-state index contributed by atoms with van der Waals surface area (Å²) >= 11 is 0. The molecular formula is C27H30FN5O2. The van der Waals surface area contributed by atoms with E-state index in [1.165, 1.54) is 23.3 Å². The van der Waals surface area contributed by atoms with Gasteiger partial charge in [-0.2, -0.15) is 0 Å². The van der Waals surface area contributed by atoms with E-state index in [1.54, 1.807) is 12.1 Å². The third-order valence-electron chi connectivity index (χ3n) is 6.64. The Morgan fingerprint density at radius 3 is 2.66 bits per heavy atom. The Labute approximate surface area is 204 Å². The van der Waals surface area contributed by atoms with Gasteiger partial charge in [-0.05, 0) is 31.2 Å². The summed E-state index contributed by atoms with van der Waals surface area (Å²) in [5.41, 5.74) is 3.25. The van der Waals surface area contributed by atoms with Crippen molar-refractivity contribution in [1.82, 2.24) is 24.7 Å². The zero-order chi connectivity index (χ0) is 24.2. The molecule has 1 amide bonds. The number of rotatable bonds is 8. The number of piperazine rings is 1. The standard InChI is InChI=1S/C27H30FN5O2/c1-31-12-14-33(15-13-31)27(34)25-19-35-26(30-25)18-32(17-21-6-2-4-8-23(21)28)11-10-20-16-29-24-9-5-3-7-22(20)24/h2-9,16,19,29H,10-15,17-18H2,1H3. The van der Waals surface area contributed by atoms with E-state index in [0.717, 1.165) is 25.0 Å². The molecule has 0 radical (unpaired) electrons. The molecule has 182 valence electrons.